The van der Waals surface area contributed by atoms with Crippen molar-refractivity contribution in [2.24, 2.45) is 0 Å². The minimum Gasteiger partial charge on any atom is -0.481 e. The Kier molecular flexibility index (Phi) is 9.09. The maximum atomic E-state index is 13.9. The number of carboxylic acids is 1. The Morgan fingerprint density at radius 3 is 2.28 bits per heavy atom. The van der Waals surface area contributed by atoms with Crippen molar-refractivity contribution >= 4 is 58.3 Å². The number of halogens is 2. The molecule has 0 saturated carbocycles. The molecule has 0 spiro atoms. The minimum atomic E-state index is -1.12. The molecular formula is C33H27Cl2N3O5. The molecule has 1 heterocycles. The zero-order chi connectivity index (χ0) is 30.5. The van der Waals surface area contributed by atoms with Gasteiger partial charge in [-0.25, -0.2) is 0 Å². The van der Waals surface area contributed by atoms with Crippen LogP contribution in [0.1, 0.15) is 52.0 Å². The van der Waals surface area contributed by atoms with E-state index in [1.54, 1.807) is 23.1 Å². The average Bonchev–Trinajstić information content (AvgIpc) is 3.14. The number of nitrogens with zero attached hydrogens (tertiary/aromatic N) is 1. The second-order valence-electron chi connectivity index (χ2n) is 10.1. The molecule has 4 aromatic carbocycles. The number of rotatable bonds is 8. The van der Waals surface area contributed by atoms with Crippen LogP contribution in [0.2, 0.25) is 10.0 Å². The van der Waals surface area contributed by atoms with Crippen molar-refractivity contribution in [1.29, 1.82) is 0 Å². The summed E-state index contributed by atoms with van der Waals surface area (Å²) in [6.07, 6.45) is -0.273. The van der Waals surface area contributed by atoms with Gasteiger partial charge in [-0.2, -0.15) is 0 Å². The number of carboxylic acid groups (broad SMARTS) is 1. The zero-order valence-corrected chi connectivity index (χ0v) is 24.3. The number of amides is 3. The maximum absolute atomic E-state index is 13.9. The number of hydrogen-bond acceptors (Lipinski definition) is 4. The van der Waals surface area contributed by atoms with Gasteiger partial charge in [0.15, 0.2) is 0 Å². The molecule has 4 aromatic rings. The van der Waals surface area contributed by atoms with Crippen LogP contribution in [0.5, 0.6) is 0 Å². The van der Waals surface area contributed by atoms with Gasteiger partial charge in [-0.15, -0.1) is 0 Å². The normalized spacial score (nSPS) is 15.1. The van der Waals surface area contributed by atoms with Gasteiger partial charge in [-0.3, -0.25) is 19.2 Å². The molecule has 0 aliphatic carbocycles. The molecule has 2 atom stereocenters. The molecule has 0 radical (unpaired) electrons. The lowest BCUT2D eigenvalue weighted by molar-refractivity contribution is -0.137. The van der Waals surface area contributed by atoms with E-state index in [-0.39, 0.29) is 35.2 Å². The highest BCUT2D eigenvalue weighted by Gasteiger charge is 2.34. The topological polar surface area (TPSA) is 116 Å². The summed E-state index contributed by atoms with van der Waals surface area (Å²) in [4.78, 5) is 53.6. The summed E-state index contributed by atoms with van der Waals surface area (Å²) in [6, 6.07) is 26.5. The van der Waals surface area contributed by atoms with Crippen molar-refractivity contribution in [1.82, 2.24) is 5.32 Å². The molecular weight excluding hydrogens is 589 g/mol. The molecule has 0 saturated heterocycles. The number of carbonyl (C=O) groups is 4. The van der Waals surface area contributed by atoms with Crippen molar-refractivity contribution in [3.63, 3.8) is 0 Å². The van der Waals surface area contributed by atoms with Gasteiger partial charge in [0, 0.05) is 5.56 Å². The van der Waals surface area contributed by atoms with Gasteiger partial charge in [0.05, 0.1) is 52.8 Å². The second kappa shape index (κ2) is 13.1. The number of anilines is 2. The molecule has 3 amide bonds. The van der Waals surface area contributed by atoms with Crippen LogP contribution in [0.15, 0.2) is 97.1 Å². The first-order valence-corrected chi connectivity index (χ1v) is 14.3. The largest absolute Gasteiger partial charge is 0.481 e. The van der Waals surface area contributed by atoms with Crippen LogP contribution in [-0.2, 0) is 20.8 Å². The number of aliphatic carboxylic acids is 1. The van der Waals surface area contributed by atoms with Crippen LogP contribution >= 0.6 is 23.2 Å². The van der Waals surface area contributed by atoms with Crippen LogP contribution in [0.4, 0.5) is 11.4 Å². The first kappa shape index (κ1) is 29.8. The molecule has 218 valence electrons. The smallest absolute Gasteiger partial charge is 0.305 e. The zero-order valence-electron chi connectivity index (χ0n) is 22.8. The Bertz CT molecular complexity index is 1680. The van der Waals surface area contributed by atoms with Crippen LogP contribution in [-0.4, -0.2) is 28.8 Å². The first-order chi connectivity index (χ1) is 20.7. The van der Waals surface area contributed by atoms with Crippen LogP contribution in [0, 0.1) is 0 Å². The number of fused-ring (bicyclic) bond motifs is 1. The summed E-state index contributed by atoms with van der Waals surface area (Å²) in [5.74, 6) is -2.22. The van der Waals surface area contributed by atoms with E-state index < -0.39 is 30.4 Å². The number of benzene rings is 4. The molecule has 0 bridgehead atoms. The summed E-state index contributed by atoms with van der Waals surface area (Å²) >= 11 is 12.2. The third-order valence-electron chi connectivity index (χ3n) is 7.16. The molecule has 0 aromatic heterocycles. The fraction of sp³-hybridized carbons (Fsp3) is 0.152. The second-order valence-corrected chi connectivity index (χ2v) is 10.9. The molecule has 5 rings (SSSR count). The van der Waals surface area contributed by atoms with Crippen molar-refractivity contribution < 1.29 is 24.3 Å². The van der Waals surface area contributed by atoms with Crippen molar-refractivity contribution in [3.8, 4) is 0 Å². The third-order valence-corrected chi connectivity index (χ3v) is 7.90. The van der Waals surface area contributed by atoms with Crippen molar-refractivity contribution in [3.05, 3.63) is 129 Å². The van der Waals surface area contributed by atoms with Crippen molar-refractivity contribution in [2.45, 2.75) is 31.3 Å². The minimum absolute atomic E-state index is 0.0127. The van der Waals surface area contributed by atoms with E-state index in [2.05, 4.69) is 10.6 Å². The Hall–Kier alpha value is -4.66. The quantitative estimate of drug-likeness (QED) is 0.206. The van der Waals surface area contributed by atoms with E-state index in [0.717, 1.165) is 11.1 Å². The lowest BCUT2D eigenvalue weighted by atomic mass is 9.99. The van der Waals surface area contributed by atoms with E-state index in [1.165, 1.54) is 18.2 Å². The monoisotopic (exact) mass is 615 g/mol. The average molecular weight is 617 g/mol. The SMILES string of the molecule is O=C(O)CC(NC(=O)c1ccc2c(c1)NC(=O)CC(c1ccccc1)N2C(=O)Cc1ccccc1)c1ccc(Cl)c(Cl)c1. The summed E-state index contributed by atoms with van der Waals surface area (Å²) in [5.41, 5.74) is 3.00. The van der Waals surface area contributed by atoms with Gasteiger partial charge in [0.25, 0.3) is 5.91 Å². The summed E-state index contributed by atoms with van der Waals surface area (Å²) in [5, 5.41) is 15.6. The fourth-order valence-corrected chi connectivity index (χ4v) is 5.43. The summed E-state index contributed by atoms with van der Waals surface area (Å²) in [6.45, 7) is 0. The van der Waals surface area contributed by atoms with E-state index in [0.29, 0.717) is 22.0 Å². The predicted molar refractivity (Wildman–Crippen MR) is 165 cm³/mol. The molecule has 1 aliphatic heterocycles. The van der Waals surface area contributed by atoms with Gasteiger partial charge < -0.3 is 20.6 Å². The van der Waals surface area contributed by atoms with Gasteiger partial charge in [-0.05, 0) is 47.0 Å². The summed E-state index contributed by atoms with van der Waals surface area (Å²) < 4.78 is 0. The molecule has 8 nitrogen and oxygen atoms in total. The lowest BCUT2D eigenvalue weighted by Gasteiger charge is -2.31. The highest BCUT2D eigenvalue weighted by molar-refractivity contribution is 6.42. The maximum Gasteiger partial charge on any atom is 0.305 e. The third kappa shape index (κ3) is 7.05. The number of nitrogens with one attached hydrogen (secondary N) is 2. The molecule has 0 fully saturated rings. The fourth-order valence-electron chi connectivity index (χ4n) is 5.13. The Morgan fingerprint density at radius 2 is 1.60 bits per heavy atom. The predicted octanol–water partition coefficient (Wildman–Crippen LogP) is 6.60. The Labute approximate surface area is 258 Å². The molecule has 2 unspecified atom stereocenters. The molecule has 43 heavy (non-hydrogen) atoms. The highest BCUT2D eigenvalue weighted by Crippen LogP contribution is 2.39. The lowest BCUT2D eigenvalue weighted by Crippen LogP contribution is -2.36. The standard InChI is InChI=1S/C33H27Cl2N3O5/c34-24-13-11-22(16-25(24)35)26(18-32(41)42)37-33(43)23-12-14-28-27(17-23)36-30(39)19-29(21-9-5-2-6-10-21)38(28)31(40)15-20-7-3-1-4-8-20/h1-14,16-17,26,29H,15,18-19H2,(H,36,39)(H,37,43)(H,41,42). The van der Waals surface area contributed by atoms with Gasteiger partial charge in [0.2, 0.25) is 11.8 Å². The molecule has 3 N–H and O–H groups in total. The van der Waals surface area contributed by atoms with E-state index in [1.807, 2.05) is 60.7 Å². The van der Waals surface area contributed by atoms with E-state index in [9.17, 15) is 24.3 Å². The van der Waals surface area contributed by atoms with Gasteiger partial charge >= 0.3 is 5.97 Å². The highest BCUT2D eigenvalue weighted by atomic mass is 35.5. The van der Waals surface area contributed by atoms with Crippen LogP contribution in [0.3, 0.4) is 0 Å². The van der Waals surface area contributed by atoms with Gasteiger partial charge in [0.1, 0.15) is 0 Å². The van der Waals surface area contributed by atoms with Crippen LogP contribution < -0.4 is 15.5 Å². The van der Waals surface area contributed by atoms with E-state index >= 15 is 0 Å². The first-order valence-electron chi connectivity index (χ1n) is 13.5. The van der Waals surface area contributed by atoms with Gasteiger partial charge in [-0.1, -0.05) is 89.9 Å². The molecule has 1 aliphatic rings. The van der Waals surface area contributed by atoms with Crippen LogP contribution in [0.25, 0.3) is 0 Å². The Morgan fingerprint density at radius 1 is 0.907 bits per heavy atom. The number of hydrogen-bond donors (Lipinski definition) is 3. The van der Waals surface area contributed by atoms with E-state index in [4.69, 9.17) is 23.2 Å². The molecule has 10 heteroatoms. The Balaban J connectivity index is 1.50. The number of carbonyl (C=O) groups excluding carboxylic acids is 3. The summed E-state index contributed by atoms with van der Waals surface area (Å²) in [7, 11) is 0. The van der Waals surface area contributed by atoms with Crippen molar-refractivity contribution in [2.75, 3.05) is 10.2 Å².